The molecule has 0 spiro atoms. The Kier molecular flexibility index (Phi) is 4.06. The van der Waals surface area contributed by atoms with Crippen LogP contribution in [0.3, 0.4) is 0 Å². The molecule has 0 amide bonds. The Morgan fingerprint density at radius 1 is 0.882 bits per heavy atom. The molecule has 1 aromatic rings. The highest BCUT2D eigenvalue weighted by Gasteiger charge is 2.23. The number of aryl methyl sites for hydroxylation is 1. The summed E-state index contributed by atoms with van der Waals surface area (Å²) in [5.41, 5.74) is 6.25. The van der Waals surface area contributed by atoms with Crippen LogP contribution in [0.15, 0.2) is 12.1 Å². The second kappa shape index (κ2) is 4.84. The molecule has 0 unspecified atom stereocenters. The van der Waals surface area contributed by atoms with Crippen molar-refractivity contribution in [1.82, 2.24) is 0 Å². The Morgan fingerprint density at radius 3 is 1.76 bits per heavy atom. The second-order valence-corrected chi connectivity index (χ2v) is 6.87. The normalized spacial score (nSPS) is 12.6. The van der Waals surface area contributed by atoms with Crippen molar-refractivity contribution >= 4 is 0 Å². The molecule has 0 radical (unpaired) electrons. The van der Waals surface area contributed by atoms with Crippen molar-refractivity contribution in [1.29, 1.82) is 0 Å². The third-order valence-corrected chi connectivity index (χ3v) is 3.36. The first-order valence-corrected chi connectivity index (χ1v) is 6.79. The first-order chi connectivity index (χ1) is 7.64. The number of hydrogen-bond donors (Lipinski definition) is 0. The van der Waals surface area contributed by atoms with Gasteiger partial charge in [0.05, 0.1) is 0 Å². The third-order valence-electron chi connectivity index (χ3n) is 3.36. The van der Waals surface area contributed by atoms with Crippen LogP contribution >= 0.6 is 0 Å². The highest BCUT2D eigenvalue weighted by molar-refractivity contribution is 5.45. The van der Waals surface area contributed by atoms with E-state index in [0.717, 1.165) is 0 Å². The first-order valence-electron chi connectivity index (χ1n) is 6.79. The Balaban J connectivity index is 3.58. The van der Waals surface area contributed by atoms with Gasteiger partial charge in [-0.05, 0) is 40.9 Å². The minimum atomic E-state index is 0.231. The quantitative estimate of drug-likeness (QED) is 0.628. The van der Waals surface area contributed by atoms with Gasteiger partial charge in [-0.2, -0.15) is 0 Å². The monoisotopic (exact) mass is 232 g/mol. The van der Waals surface area contributed by atoms with Gasteiger partial charge >= 0.3 is 0 Å². The fourth-order valence-corrected chi connectivity index (χ4v) is 2.57. The zero-order chi connectivity index (χ0) is 13.4. The van der Waals surface area contributed by atoms with Crippen molar-refractivity contribution < 1.29 is 0 Å². The molecule has 0 aliphatic carbocycles. The predicted molar refractivity (Wildman–Crippen MR) is 78.1 cm³/mol. The molecule has 0 N–H and O–H groups in total. The molecular formula is C17H28. The van der Waals surface area contributed by atoms with Crippen LogP contribution in [0.25, 0.3) is 0 Å². The average Bonchev–Trinajstić information content (AvgIpc) is 2.14. The lowest BCUT2D eigenvalue weighted by Crippen LogP contribution is -2.17. The van der Waals surface area contributed by atoms with E-state index in [2.05, 4.69) is 67.5 Å². The molecular weight excluding hydrogens is 204 g/mol. The van der Waals surface area contributed by atoms with Gasteiger partial charge in [0.2, 0.25) is 0 Å². The fourth-order valence-electron chi connectivity index (χ4n) is 2.57. The van der Waals surface area contributed by atoms with Crippen LogP contribution in [0.2, 0.25) is 0 Å². The second-order valence-electron chi connectivity index (χ2n) is 6.87. The van der Waals surface area contributed by atoms with Gasteiger partial charge in [-0.3, -0.25) is 0 Å². The maximum Gasteiger partial charge on any atom is -0.0129 e. The highest BCUT2D eigenvalue weighted by Crippen LogP contribution is 2.36. The number of benzene rings is 1. The van der Waals surface area contributed by atoms with Crippen LogP contribution in [0.1, 0.15) is 82.6 Å². The minimum absolute atomic E-state index is 0.231. The van der Waals surface area contributed by atoms with E-state index < -0.39 is 0 Å². The standard InChI is InChI=1S/C17H28/c1-11(2)14-9-13(5)10-15(17(6,7)8)16(14)12(3)4/h9-12H,1-8H3. The SMILES string of the molecule is Cc1cc(C(C)C)c(C(C)C)c(C(C)(C)C)c1. The van der Waals surface area contributed by atoms with Gasteiger partial charge in [0.25, 0.3) is 0 Å². The summed E-state index contributed by atoms with van der Waals surface area (Å²) in [7, 11) is 0. The summed E-state index contributed by atoms with van der Waals surface area (Å²) in [5.74, 6) is 1.20. The summed E-state index contributed by atoms with van der Waals surface area (Å²) >= 11 is 0. The van der Waals surface area contributed by atoms with Crippen molar-refractivity contribution in [3.63, 3.8) is 0 Å². The van der Waals surface area contributed by atoms with Crippen molar-refractivity contribution in [3.05, 3.63) is 34.4 Å². The Bertz CT molecular complexity index is 389. The van der Waals surface area contributed by atoms with Crippen molar-refractivity contribution in [2.45, 2.75) is 72.6 Å². The molecule has 17 heavy (non-hydrogen) atoms. The first kappa shape index (κ1) is 14.3. The van der Waals surface area contributed by atoms with E-state index in [1.165, 1.54) is 16.7 Å². The predicted octanol–water partition coefficient (Wildman–Crippen LogP) is 5.54. The van der Waals surface area contributed by atoms with Gasteiger partial charge in [-0.25, -0.2) is 0 Å². The van der Waals surface area contributed by atoms with Crippen LogP contribution in [-0.2, 0) is 5.41 Å². The van der Waals surface area contributed by atoms with Gasteiger partial charge in [0, 0.05) is 0 Å². The summed E-state index contributed by atoms with van der Waals surface area (Å²) in [6.45, 7) is 18.4. The fraction of sp³-hybridized carbons (Fsp3) is 0.647. The van der Waals surface area contributed by atoms with E-state index in [4.69, 9.17) is 0 Å². The molecule has 0 heterocycles. The van der Waals surface area contributed by atoms with Crippen molar-refractivity contribution in [3.8, 4) is 0 Å². The van der Waals surface area contributed by atoms with Crippen LogP contribution in [0, 0.1) is 6.92 Å². The molecule has 0 saturated carbocycles. The Hall–Kier alpha value is -0.780. The van der Waals surface area contributed by atoms with Crippen molar-refractivity contribution in [2.24, 2.45) is 0 Å². The molecule has 0 atom stereocenters. The molecule has 0 aliphatic heterocycles. The molecule has 0 saturated heterocycles. The lowest BCUT2D eigenvalue weighted by molar-refractivity contribution is 0.572. The zero-order valence-corrected chi connectivity index (χ0v) is 12.8. The molecule has 0 fully saturated rings. The molecule has 96 valence electrons. The Labute approximate surface area is 107 Å². The van der Waals surface area contributed by atoms with Gasteiger partial charge in [0.1, 0.15) is 0 Å². The third kappa shape index (κ3) is 3.12. The van der Waals surface area contributed by atoms with Gasteiger partial charge in [-0.15, -0.1) is 0 Å². The Morgan fingerprint density at radius 2 is 1.41 bits per heavy atom. The molecule has 0 bridgehead atoms. The topological polar surface area (TPSA) is 0 Å². The van der Waals surface area contributed by atoms with E-state index in [9.17, 15) is 0 Å². The van der Waals surface area contributed by atoms with E-state index in [1.54, 1.807) is 5.56 Å². The van der Waals surface area contributed by atoms with Crippen LogP contribution in [0.5, 0.6) is 0 Å². The maximum atomic E-state index is 2.38. The molecule has 0 aliphatic rings. The van der Waals surface area contributed by atoms with Crippen molar-refractivity contribution in [2.75, 3.05) is 0 Å². The van der Waals surface area contributed by atoms with Crippen LogP contribution in [0.4, 0.5) is 0 Å². The number of rotatable bonds is 2. The average molecular weight is 232 g/mol. The van der Waals surface area contributed by atoms with Crippen LogP contribution < -0.4 is 0 Å². The summed E-state index contributed by atoms with van der Waals surface area (Å²) in [6.07, 6.45) is 0. The lowest BCUT2D eigenvalue weighted by Gasteiger charge is -2.29. The van der Waals surface area contributed by atoms with E-state index in [-0.39, 0.29) is 5.41 Å². The maximum absolute atomic E-state index is 2.38. The van der Waals surface area contributed by atoms with E-state index in [1.807, 2.05) is 0 Å². The molecule has 0 aromatic heterocycles. The lowest BCUT2D eigenvalue weighted by atomic mass is 9.76. The van der Waals surface area contributed by atoms with Gasteiger partial charge in [0.15, 0.2) is 0 Å². The zero-order valence-electron chi connectivity index (χ0n) is 12.8. The summed E-state index contributed by atoms with van der Waals surface area (Å²) < 4.78 is 0. The molecule has 1 aromatic carbocycles. The van der Waals surface area contributed by atoms with E-state index >= 15 is 0 Å². The van der Waals surface area contributed by atoms with Crippen LogP contribution in [-0.4, -0.2) is 0 Å². The summed E-state index contributed by atoms with van der Waals surface area (Å²) in [5, 5.41) is 0. The minimum Gasteiger partial charge on any atom is -0.0587 e. The largest absolute Gasteiger partial charge is 0.0587 e. The highest BCUT2D eigenvalue weighted by atomic mass is 14.3. The van der Waals surface area contributed by atoms with Gasteiger partial charge < -0.3 is 0 Å². The molecule has 1 rings (SSSR count). The summed E-state index contributed by atoms with van der Waals surface area (Å²) in [4.78, 5) is 0. The molecule has 0 nitrogen and oxygen atoms in total. The number of hydrogen-bond acceptors (Lipinski definition) is 0. The smallest absolute Gasteiger partial charge is 0.0129 e. The molecule has 0 heteroatoms. The van der Waals surface area contributed by atoms with Gasteiger partial charge in [-0.1, -0.05) is 66.2 Å². The van der Waals surface area contributed by atoms with E-state index in [0.29, 0.717) is 11.8 Å². The summed E-state index contributed by atoms with van der Waals surface area (Å²) in [6, 6.07) is 4.75.